The minimum absolute atomic E-state index is 0.0637. The van der Waals surface area contributed by atoms with Crippen LogP contribution in [0.15, 0.2) is 42.5 Å². The second-order valence-electron chi connectivity index (χ2n) is 6.08. The molecule has 2 aromatic carbocycles. The van der Waals surface area contributed by atoms with E-state index in [9.17, 15) is 14.4 Å². The van der Waals surface area contributed by atoms with Crippen LogP contribution in [-0.2, 0) is 16.0 Å². The number of anilines is 1. The molecule has 0 radical (unpaired) electrons. The number of hydrazine groups is 1. The van der Waals surface area contributed by atoms with E-state index in [0.29, 0.717) is 36.0 Å². The van der Waals surface area contributed by atoms with Gasteiger partial charge in [0.05, 0.1) is 19.6 Å². The van der Waals surface area contributed by atoms with Gasteiger partial charge in [-0.2, -0.15) is 0 Å². The number of hydrogen-bond acceptors (Lipinski definition) is 5. The predicted octanol–water partition coefficient (Wildman–Crippen LogP) is 2.45. The molecule has 8 nitrogen and oxygen atoms in total. The molecule has 0 saturated heterocycles. The molecule has 0 atom stereocenters. The van der Waals surface area contributed by atoms with Crippen molar-refractivity contribution in [2.24, 2.45) is 0 Å². The Balaban J connectivity index is 1.91. The van der Waals surface area contributed by atoms with Crippen molar-refractivity contribution in [3.8, 4) is 11.5 Å². The summed E-state index contributed by atoms with van der Waals surface area (Å²) in [6.45, 7) is 6.14. The summed E-state index contributed by atoms with van der Waals surface area (Å²) >= 11 is 0. The molecule has 0 unspecified atom stereocenters. The summed E-state index contributed by atoms with van der Waals surface area (Å²) < 4.78 is 11.1. The molecule has 29 heavy (non-hydrogen) atoms. The zero-order valence-electron chi connectivity index (χ0n) is 16.7. The van der Waals surface area contributed by atoms with Gasteiger partial charge >= 0.3 is 0 Å². The topological polar surface area (TPSA) is 106 Å². The molecule has 3 amide bonds. The molecule has 3 N–H and O–H groups in total. The van der Waals surface area contributed by atoms with Crippen LogP contribution in [0.3, 0.4) is 0 Å². The standard InChI is InChI=1S/C21H25N3O5/c1-4-28-18-11-6-15(12-19(18)29-5-2)13-20(26)23-24-21(27)16-7-9-17(10-8-16)22-14(3)25/h6-12H,4-5,13H2,1-3H3,(H,22,25)(H,23,26)(H,24,27). The van der Waals surface area contributed by atoms with Gasteiger partial charge in [0.15, 0.2) is 11.5 Å². The Morgan fingerprint density at radius 3 is 2.14 bits per heavy atom. The lowest BCUT2D eigenvalue weighted by Gasteiger charge is -2.13. The molecule has 0 spiro atoms. The van der Waals surface area contributed by atoms with Gasteiger partial charge in [-0.1, -0.05) is 6.07 Å². The van der Waals surface area contributed by atoms with Gasteiger partial charge in [-0.25, -0.2) is 0 Å². The predicted molar refractivity (Wildman–Crippen MR) is 109 cm³/mol. The van der Waals surface area contributed by atoms with E-state index in [0.717, 1.165) is 5.56 Å². The Hall–Kier alpha value is -3.55. The molecule has 0 fully saturated rings. The third kappa shape index (κ3) is 6.84. The number of carbonyl (C=O) groups excluding carboxylic acids is 3. The van der Waals surface area contributed by atoms with Crippen molar-refractivity contribution in [2.75, 3.05) is 18.5 Å². The number of rotatable bonds is 8. The number of hydrogen-bond donors (Lipinski definition) is 3. The van der Waals surface area contributed by atoms with Crippen LogP contribution in [0.1, 0.15) is 36.7 Å². The highest BCUT2D eigenvalue weighted by atomic mass is 16.5. The lowest BCUT2D eigenvalue weighted by molar-refractivity contribution is -0.121. The smallest absolute Gasteiger partial charge is 0.269 e. The van der Waals surface area contributed by atoms with E-state index in [4.69, 9.17) is 9.47 Å². The van der Waals surface area contributed by atoms with Crippen LogP contribution in [0, 0.1) is 0 Å². The molecule has 0 aliphatic heterocycles. The van der Waals surface area contributed by atoms with Gasteiger partial charge in [0.2, 0.25) is 11.8 Å². The highest BCUT2D eigenvalue weighted by Gasteiger charge is 2.11. The molecule has 2 aromatic rings. The number of amides is 3. The zero-order chi connectivity index (χ0) is 21.2. The van der Waals surface area contributed by atoms with Crippen molar-refractivity contribution >= 4 is 23.4 Å². The average molecular weight is 399 g/mol. The number of ether oxygens (including phenoxy) is 2. The fourth-order valence-electron chi connectivity index (χ4n) is 2.54. The lowest BCUT2D eigenvalue weighted by Crippen LogP contribution is -2.42. The molecule has 0 aliphatic rings. The maximum absolute atomic E-state index is 12.2. The Morgan fingerprint density at radius 2 is 1.52 bits per heavy atom. The first kappa shape index (κ1) is 21.7. The van der Waals surface area contributed by atoms with Crippen LogP contribution < -0.4 is 25.6 Å². The third-order valence-corrected chi connectivity index (χ3v) is 3.76. The first-order valence-corrected chi connectivity index (χ1v) is 9.28. The number of benzene rings is 2. The molecule has 0 heterocycles. The Morgan fingerprint density at radius 1 is 0.862 bits per heavy atom. The summed E-state index contributed by atoms with van der Waals surface area (Å²) in [5.74, 6) is 0.156. The molecule has 2 rings (SSSR count). The van der Waals surface area contributed by atoms with Gasteiger partial charge in [-0.05, 0) is 55.8 Å². The van der Waals surface area contributed by atoms with Gasteiger partial charge in [-0.3, -0.25) is 25.2 Å². The number of nitrogens with one attached hydrogen (secondary N) is 3. The minimum Gasteiger partial charge on any atom is -0.490 e. The normalized spacial score (nSPS) is 10.0. The van der Waals surface area contributed by atoms with Crippen molar-refractivity contribution in [2.45, 2.75) is 27.2 Å². The van der Waals surface area contributed by atoms with Gasteiger partial charge in [0, 0.05) is 18.2 Å². The van der Waals surface area contributed by atoms with Crippen LogP contribution >= 0.6 is 0 Å². The highest BCUT2D eigenvalue weighted by Crippen LogP contribution is 2.28. The molecule has 0 bridgehead atoms. The molecular formula is C21H25N3O5. The van der Waals surface area contributed by atoms with Gasteiger partial charge in [0.25, 0.3) is 5.91 Å². The second kappa shape index (κ2) is 10.7. The number of carbonyl (C=O) groups is 3. The van der Waals surface area contributed by atoms with Gasteiger partial charge in [-0.15, -0.1) is 0 Å². The monoisotopic (exact) mass is 399 g/mol. The molecule has 0 saturated carbocycles. The van der Waals surface area contributed by atoms with E-state index in [2.05, 4.69) is 16.2 Å². The fraction of sp³-hybridized carbons (Fsp3) is 0.286. The van der Waals surface area contributed by atoms with E-state index in [-0.39, 0.29) is 18.2 Å². The van der Waals surface area contributed by atoms with Crippen LogP contribution in [0.2, 0.25) is 0 Å². The molecule has 154 valence electrons. The molecule has 8 heteroatoms. The van der Waals surface area contributed by atoms with Crippen LogP contribution in [0.5, 0.6) is 11.5 Å². The van der Waals surface area contributed by atoms with Gasteiger partial charge < -0.3 is 14.8 Å². The summed E-state index contributed by atoms with van der Waals surface area (Å²) in [4.78, 5) is 35.3. The summed E-state index contributed by atoms with van der Waals surface area (Å²) in [5, 5.41) is 2.61. The first-order valence-electron chi connectivity index (χ1n) is 9.28. The van der Waals surface area contributed by atoms with Crippen molar-refractivity contribution < 1.29 is 23.9 Å². The largest absolute Gasteiger partial charge is 0.490 e. The summed E-state index contributed by atoms with van der Waals surface area (Å²) in [6.07, 6.45) is 0.0637. The van der Waals surface area contributed by atoms with E-state index >= 15 is 0 Å². The van der Waals surface area contributed by atoms with Crippen LogP contribution in [0.25, 0.3) is 0 Å². The maximum atomic E-state index is 12.2. The maximum Gasteiger partial charge on any atom is 0.269 e. The third-order valence-electron chi connectivity index (χ3n) is 3.76. The SMILES string of the molecule is CCOc1ccc(CC(=O)NNC(=O)c2ccc(NC(C)=O)cc2)cc1OCC. The van der Waals surface area contributed by atoms with Gasteiger partial charge in [0.1, 0.15) is 0 Å². The van der Waals surface area contributed by atoms with Crippen molar-refractivity contribution in [3.63, 3.8) is 0 Å². The summed E-state index contributed by atoms with van der Waals surface area (Å²) in [6, 6.07) is 11.6. The van der Waals surface area contributed by atoms with Crippen LogP contribution in [-0.4, -0.2) is 30.9 Å². The van der Waals surface area contributed by atoms with Crippen molar-refractivity contribution in [3.05, 3.63) is 53.6 Å². The Bertz CT molecular complexity index is 865. The lowest BCUT2D eigenvalue weighted by atomic mass is 10.1. The summed E-state index contributed by atoms with van der Waals surface area (Å²) in [5.41, 5.74) is 6.41. The quantitative estimate of drug-likeness (QED) is 0.591. The zero-order valence-corrected chi connectivity index (χ0v) is 16.7. The highest BCUT2D eigenvalue weighted by molar-refractivity contribution is 5.96. The first-order chi connectivity index (χ1) is 13.9. The molecule has 0 aliphatic carbocycles. The fourth-order valence-corrected chi connectivity index (χ4v) is 2.54. The molecule has 0 aromatic heterocycles. The summed E-state index contributed by atoms with van der Waals surface area (Å²) in [7, 11) is 0. The van der Waals surface area contributed by atoms with E-state index in [1.807, 2.05) is 13.8 Å². The average Bonchev–Trinajstić information content (AvgIpc) is 2.68. The van der Waals surface area contributed by atoms with E-state index < -0.39 is 5.91 Å². The van der Waals surface area contributed by atoms with Crippen molar-refractivity contribution in [1.82, 2.24) is 10.9 Å². The van der Waals surface area contributed by atoms with Crippen LogP contribution in [0.4, 0.5) is 5.69 Å². The molecular weight excluding hydrogens is 374 g/mol. The van der Waals surface area contributed by atoms with E-state index in [1.165, 1.54) is 6.92 Å². The minimum atomic E-state index is -0.463. The van der Waals surface area contributed by atoms with Crippen molar-refractivity contribution in [1.29, 1.82) is 0 Å². The second-order valence-corrected chi connectivity index (χ2v) is 6.08. The Labute approximate surface area is 169 Å². The Kier molecular flexibility index (Phi) is 8.02. The van der Waals surface area contributed by atoms with E-state index in [1.54, 1.807) is 42.5 Å².